The monoisotopic (exact) mass is 807 g/mol. The van der Waals surface area contributed by atoms with Gasteiger partial charge in [0, 0.05) is 35.9 Å². The highest BCUT2D eigenvalue weighted by Crippen LogP contribution is 2.46. The molecule has 4 heterocycles. The van der Waals surface area contributed by atoms with Crippen LogP contribution in [0.1, 0.15) is 76.8 Å². The van der Waals surface area contributed by atoms with Crippen molar-refractivity contribution in [1.82, 2.24) is 25.2 Å². The van der Waals surface area contributed by atoms with E-state index in [1.165, 1.54) is 21.9 Å². The first kappa shape index (κ1) is 39.8. The molecular formula is C40H46FN5O10S. The fourth-order valence-corrected chi connectivity index (χ4v) is 8.70. The van der Waals surface area contributed by atoms with E-state index in [1.807, 2.05) is 6.08 Å². The number of carbonyl (C=O) groups is 5. The molecule has 57 heavy (non-hydrogen) atoms. The second-order valence-electron chi connectivity index (χ2n) is 16.1. The summed E-state index contributed by atoms with van der Waals surface area (Å²) in [5, 5.41) is 5.47. The van der Waals surface area contributed by atoms with Crippen LogP contribution < -0.4 is 15.4 Å². The van der Waals surface area contributed by atoms with Gasteiger partial charge in [-0.05, 0) is 64.2 Å². The summed E-state index contributed by atoms with van der Waals surface area (Å²) in [7, 11) is -4.52. The zero-order valence-corrected chi connectivity index (χ0v) is 32.7. The topological polar surface area (TPSA) is 194 Å². The molecule has 0 radical (unpaired) electrons. The predicted molar refractivity (Wildman–Crippen MR) is 202 cm³/mol. The van der Waals surface area contributed by atoms with E-state index in [9.17, 15) is 36.8 Å². The Labute approximate surface area is 329 Å². The lowest BCUT2D eigenvalue weighted by Crippen LogP contribution is -2.58. The predicted octanol–water partition coefficient (Wildman–Crippen LogP) is 4.79. The number of para-hydroxylation sites is 1. The van der Waals surface area contributed by atoms with Crippen LogP contribution in [0, 0.1) is 11.7 Å². The third-order valence-electron chi connectivity index (χ3n) is 10.7. The summed E-state index contributed by atoms with van der Waals surface area (Å²) < 4.78 is 60.3. The van der Waals surface area contributed by atoms with Crippen LogP contribution in [0.3, 0.4) is 0 Å². The third kappa shape index (κ3) is 8.62. The molecule has 1 aliphatic carbocycles. The maximum Gasteiger partial charge on any atom is 0.410 e. The van der Waals surface area contributed by atoms with E-state index in [0.717, 1.165) is 6.42 Å². The fraction of sp³-hybridized carbons (Fsp3) is 0.475. The van der Waals surface area contributed by atoms with Crippen molar-refractivity contribution in [3.8, 4) is 0 Å². The molecule has 5 atom stereocenters. The van der Waals surface area contributed by atoms with Gasteiger partial charge in [0.05, 0.1) is 13.1 Å². The van der Waals surface area contributed by atoms with Gasteiger partial charge in [-0.2, -0.15) is 8.42 Å². The Morgan fingerprint density at radius 1 is 1.04 bits per heavy atom. The zero-order valence-electron chi connectivity index (χ0n) is 31.9. The number of fused-ring (bicyclic) bond motifs is 4. The van der Waals surface area contributed by atoms with Crippen LogP contribution in [0.4, 0.5) is 14.0 Å². The second-order valence-corrected chi connectivity index (χ2v) is 17.7. The molecule has 7 rings (SSSR count). The van der Waals surface area contributed by atoms with Crippen molar-refractivity contribution in [2.24, 2.45) is 5.92 Å². The molecule has 3 aromatic rings. The number of sulfonamides is 1. The van der Waals surface area contributed by atoms with Gasteiger partial charge >= 0.3 is 12.2 Å². The van der Waals surface area contributed by atoms with E-state index in [4.69, 9.17) is 13.9 Å². The molecule has 4 aliphatic rings. The first-order chi connectivity index (χ1) is 27.0. The summed E-state index contributed by atoms with van der Waals surface area (Å²) in [4.78, 5) is 71.7. The molecular weight excluding hydrogens is 762 g/mol. The average molecular weight is 808 g/mol. The molecule has 1 saturated heterocycles. The van der Waals surface area contributed by atoms with Crippen molar-refractivity contribution in [1.29, 1.82) is 0 Å². The highest BCUT2D eigenvalue weighted by atomic mass is 32.2. The maximum atomic E-state index is 14.5. The van der Waals surface area contributed by atoms with Gasteiger partial charge in [0.25, 0.3) is 15.9 Å². The van der Waals surface area contributed by atoms with Gasteiger partial charge in [-0.1, -0.05) is 55.3 Å². The molecule has 5 amide bonds. The first-order valence-corrected chi connectivity index (χ1v) is 20.6. The van der Waals surface area contributed by atoms with Gasteiger partial charge in [0.1, 0.15) is 40.7 Å². The van der Waals surface area contributed by atoms with E-state index >= 15 is 0 Å². The SMILES string of the molecule is CC(C)(C)OC(=O)N[C@H]1CCCCC/C=C\[C@H]2C[C@@]2(C(=O)NS(=O)(=O)c2cc3ccccc3o2)NC(=O)[C@@H]2C[C@@H](OC(=O)N3Cc4cccc(F)c4C3)CN2C1=O. The molecule has 0 bridgehead atoms. The number of ether oxygens (including phenoxy) is 2. The lowest BCUT2D eigenvalue weighted by atomic mass is 10.0. The smallest absolute Gasteiger partial charge is 0.410 e. The Kier molecular flexibility index (Phi) is 10.8. The van der Waals surface area contributed by atoms with E-state index in [2.05, 4.69) is 15.4 Å². The number of hydrogen-bond acceptors (Lipinski definition) is 10. The average Bonchev–Trinajstić information content (AvgIpc) is 3.52. The van der Waals surface area contributed by atoms with E-state index < -0.39 is 86.1 Å². The fourth-order valence-electron chi connectivity index (χ4n) is 7.70. The molecule has 1 saturated carbocycles. The minimum atomic E-state index is -4.52. The number of allylic oxidation sites excluding steroid dienone is 1. The standard InChI is InChI=1S/C40H46FN5O10S/c1-39(2,3)56-37(50)42-30-16-8-6-4-5-7-14-26-20-40(26,36(49)44-57(52,53)33-18-24-12-9-10-17-32(24)55-33)43-34(47)31-19-27(22-46(31)35(30)48)54-38(51)45-21-25-13-11-15-29(41)28(25)23-45/h7,9-15,17-18,26-27,30-31H,4-6,8,16,19-23H2,1-3H3,(H,42,50)(H,43,47)(H,44,49)/b14-7-/t26-,27+,30-,31-,40+/m0/s1. The Morgan fingerprint density at radius 3 is 2.58 bits per heavy atom. The molecule has 1 aromatic heterocycles. The van der Waals surface area contributed by atoms with Crippen LogP contribution in [-0.4, -0.2) is 84.0 Å². The molecule has 17 heteroatoms. The van der Waals surface area contributed by atoms with Crippen molar-refractivity contribution in [3.63, 3.8) is 0 Å². The van der Waals surface area contributed by atoms with Crippen LogP contribution in [0.2, 0.25) is 0 Å². The lowest BCUT2D eigenvalue weighted by molar-refractivity contribution is -0.141. The van der Waals surface area contributed by atoms with E-state index in [1.54, 1.807) is 63.2 Å². The van der Waals surface area contributed by atoms with Crippen molar-refractivity contribution in [3.05, 3.63) is 77.6 Å². The Balaban J connectivity index is 1.15. The van der Waals surface area contributed by atoms with Gasteiger partial charge in [-0.3, -0.25) is 19.3 Å². The maximum absolute atomic E-state index is 14.5. The molecule has 15 nitrogen and oxygen atoms in total. The summed E-state index contributed by atoms with van der Waals surface area (Å²) in [5.74, 6) is -3.41. The normalized spacial score (nSPS) is 25.9. The van der Waals surface area contributed by atoms with Crippen LogP contribution in [0.25, 0.3) is 11.0 Å². The molecule has 304 valence electrons. The number of nitrogens with zero attached hydrogens (tertiary/aromatic N) is 2. The van der Waals surface area contributed by atoms with Gasteiger partial charge in [-0.25, -0.2) is 18.7 Å². The van der Waals surface area contributed by atoms with E-state index in [-0.39, 0.29) is 38.9 Å². The second kappa shape index (κ2) is 15.5. The van der Waals surface area contributed by atoms with Gasteiger partial charge in [0.2, 0.25) is 16.9 Å². The number of hydrogen-bond donors (Lipinski definition) is 3. The van der Waals surface area contributed by atoms with Crippen molar-refractivity contribution in [2.75, 3.05) is 6.54 Å². The number of alkyl carbamates (subject to hydrolysis) is 1. The zero-order chi connectivity index (χ0) is 40.7. The highest BCUT2D eigenvalue weighted by Gasteiger charge is 2.62. The van der Waals surface area contributed by atoms with E-state index in [0.29, 0.717) is 41.4 Å². The Bertz CT molecular complexity index is 2200. The lowest BCUT2D eigenvalue weighted by Gasteiger charge is -2.30. The van der Waals surface area contributed by atoms with Crippen LogP contribution in [0.15, 0.2) is 70.2 Å². The Hall–Kier alpha value is -5.45. The van der Waals surface area contributed by atoms with Crippen molar-refractivity contribution in [2.45, 2.75) is 113 Å². The molecule has 0 unspecified atom stereocenters. The summed E-state index contributed by atoms with van der Waals surface area (Å²) in [6.45, 7) is 4.91. The third-order valence-corrected chi connectivity index (χ3v) is 11.9. The molecule has 3 aliphatic heterocycles. The van der Waals surface area contributed by atoms with Crippen LogP contribution in [0.5, 0.6) is 0 Å². The molecule has 0 spiro atoms. The number of nitrogens with one attached hydrogen (secondary N) is 3. The number of rotatable bonds is 5. The molecule has 3 N–H and O–H groups in total. The van der Waals surface area contributed by atoms with Crippen LogP contribution in [-0.2, 0) is 47.0 Å². The summed E-state index contributed by atoms with van der Waals surface area (Å²) >= 11 is 0. The van der Waals surface area contributed by atoms with Gasteiger partial charge in [0.15, 0.2) is 0 Å². The minimum absolute atomic E-state index is 0.0223. The Morgan fingerprint density at radius 2 is 1.82 bits per heavy atom. The first-order valence-electron chi connectivity index (χ1n) is 19.1. The summed E-state index contributed by atoms with van der Waals surface area (Å²) in [6.07, 6.45) is 3.76. The van der Waals surface area contributed by atoms with Gasteiger partial charge < -0.3 is 29.4 Å². The minimum Gasteiger partial charge on any atom is -0.444 e. The van der Waals surface area contributed by atoms with Crippen molar-refractivity contribution < 1.29 is 50.7 Å². The molecule has 2 aromatic carbocycles. The van der Waals surface area contributed by atoms with Crippen molar-refractivity contribution >= 4 is 50.9 Å². The quantitative estimate of drug-likeness (QED) is 0.302. The number of halogens is 1. The number of benzene rings is 2. The molecule has 2 fully saturated rings. The number of amides is 5. The number of carbonyl (C=O) groups excluding carboxylic acids is 5. The van der Waals surface area contributed by atoms with Crippen LogP contribution >= 0.6 is 0 Å². The van der Waals surface area contributed by atoms with Gasteiger partial charge in [-0.15, -0.1) is 0 Å². The summed E-state index contributed by atoms with van der Waals surface area (Å²) in [6, 6.07) is 10.1. The number of furan rings is 1. The highest BCUT2D eigenvalue weighted by molar-refractivity contribution is 7.90. The summed E-state index contributed by atoms with van der Waals surface area (Å²) in [5.41, 5.74) is -1.25. The largest absolute Gasteiger partial charge is 0.444 e.